The van der Waals surface area contributed by atoms with Crippen LogP contribution in [0.4, 0.5) is 10.1 Å². The first-order valence-electron chi connectivity index (χ1n) is 6.59. The fraction of sp³-hybridized carbons (Fsp3) is 0.188. The number of anilines is 1. The van der Waals surface area contributed by atoms with E-state index in [1.165, 1.54) is 12.1 Å². The molecule has 0 saturated carbocycles. The summed E-state index contributed by atoms with van der Waals surface area (Å²) in [6.07, 6.45) is 0. The summed E-state index contributed by atoms with van der Waals surface area (Å²) in [5.74, 6) is -0.850. The van der Waals surface area contributed by atoms with E-state index in [2.05, 4.69) is 5.32 Å². The molecular formula is C16H17FN2O2. The van der Waals surface area contributed by atoms with Crippen molar-refractivity contribution in [3.05, 3.63) is 59.9 Å². The van der Waals surface area contributed by atoms with E-state index >= 15 is 0 Å². The van der Waals surface area contributed by atoms with Gasteiger partial charge in [-0.15, -0.1) is 0 Å². The Morgan fingerprint density at radius 2 is 2.00 bits per heavy atom. The molecule has 0 aliphatic carbocycles. The monoisotopic (exact) mass is 288 g/mol. The minimum Gasteiger partial charge on any atom is -0.481 e. The lowest BCUT2D eigenvalue weighted by atomic mass is 10.1. The Morgan fingerprint density at radius 1 is 1.29 bits per heavy atom. The van der Waals surface area contributed by atoms with E-state index in [9.17, 15) is 9.18 Å². The van der Waals surface area contributed by atoms with Crippen LogP contribution in [0.15, 0.2) is 48.5 Å². The van der Waals surface area contributed by atoms with Gasteiger partial charge in [0.05, 0.1) is 0 Å². The first-order valence-corrected chi connectivity index (χ1v) is 6.59. The highest BCUT2D eigenvalue weighted by Crippen LogP contribution is 2.21. The van der Waals surface area contributed by atoms with Crippen molar-refractivity contribution in [2.24, 2.45) is 5.73 Å². The second kappa shape index (κ2) is 6.85. The molecule has 0 aliphatic rings. The number of carbonyl (C=O) groups is 1. The standard InChI is InChI=1S/C16H17FN2O2/c1-11(18)12-7-8-15(14(17)9-12)21-10-16(20)19-13-5-3-2-4-6-13/h2-9,11H,10,18H2,1H3,(H,19,20)/t11-/m0/s1. The van der Waals surface area contributed by atoms with Gasteiger partial charge in [-0.1, -0.05) is 24.3 Å². The molecule has 5 heteroatoms. The lowest BCUT2D eigenvalue weighted by Crippen LogP contribution is -2.20. The molecule has 1 atom stereocenters. The minimum absolute atomic E-state index is 0.0302. The first-order chi connectivity index (χ1) is 10.1. The number of hydrogen-bond donors (Lipinski definition) is 2. The van der Waals surface area contributed by atoms with Crippen molar-refractivity contribution in [1.29, 1.82) is 0 Å². The molecule has 0 spiro atoms. The summed E-state index contributed by atoms with van der Waals surface area (Å²) in [5.41, 5.74) is 7.01. The van der Waals surface area contributed by atoms with Crippen LogP contribution < -0.4 is 15.8 Å². The molecule has 21 heavy (non-hydrogen) atoms. The van der Waals surface area contributed by atoms with E-state index in [-0.39, 0.29) is 24.3 Å². The number of hydrogen-bond acceptors (Lipinski definition) is 3. The molecule has 0 heterocycles. The number of amides is 1. The molecule has 110 valence electrons. The molecule has 0 aliphatic heterocycles. The molecular weight excluding hydrogens is 271 g/mol. The smallest absolute Gasteiger partial charge is 0.262 e. The van der Waals surface area contributed by atoms with Gasteiger partial charge in [0, 0.05) is 11.7 Å². The average Bonchev–Trinajstić information content (AvgIpc) is 2.47. The zero-order valence-electron chi connectivity index (χ0n) is 11.7. The summed E-state index contributed by atoms with van der Waals surface area (Å²) in [6.45, 7) is 1.51. The highest BCUT2D eigenvalue weighted by Gasteiger charge is 2.09. The summed E-state index contributed by atoms with van der Waals surface area (Å²) >= 11 is 0. The van der Waals surface area contributed by atoms with E-state index in [4.69, 9.17) is 10.5 Å². The maximum Gasteiger partial charge on any atom is 0.262 e. The first kappa shape index (κ1) is 15.0. The van der Waals surface area contributed by atoms with Crippen LogP contribution in [0.2, 0.25) is 0 Å². The Labute approximate surface area is 122 Å². The van der Waals surface area contributed by atoms with Gasteiger partial charge in [-0.2, -0.15) is 0 Å². The third kappa shape index (κ3) is 4.29. The molecule has 0 unspecified atom stereocenters. The van der Waals surface area contributed by atoms with Gasteiger partial charge in [0.2, 0.25) is 0 Å². The zero-order valence-corrected chi connectivity index (χ0v) is 11.7. The predicted molar refractivity (Wildman–Crippen MR) is 79.6 cm³/mol. The fourth-order valence-electron chi connectivity index (χ4n) is 1.78. The molecule has 0 aromatic heterocycles. The van der Waals surface area contributed by atoms with Gasteiger partial charge < -0.3 is 15.8 Å². The van der Waals surface area contributed by atoms with E-state index in [0.29, 0.717) is 11.3 Å². The van der Waals surface area contributed by atoms with E-state index in [1.54, 1.807) is 25.1 Å². The number of benzene rings is 2. The summed E-state index contributed by atoms with van der Waals surface area (Å²) in [4.78, 5) is 11.7. The summed E-state index contributed by atoms with van der Waals surface area (Å²) in [7, 11) is 0. The number of nitrogens with one attached hydrogen (secondary N) is 1. The number of ether oxygens (including phenoxy) is 1. The predicted octanol–water partition coefficient (Wildman–Crippen LogP) is 2.86. The Balaban J connectivity index is 1.92. The molecule has 3 N–H and O–H groups in total. The van der Waals surface area contributed by atoms with Crippen molar-refractivity contribution in [3.8, 4) is 5.75 Å². The normalized spacial score (nSPS) is 11.8. The maximum atomic E-state index is 13.8. The summed E-state index contributed by atoms with van der Waals surface area (Å²) < 4.78 is 19.0. The van der Waals surface area contributed by atoms with Gasteiger partial charge >= 0.3 is 0 Å². The van der Waals surface area contributed by atoms with Crippen LogP contribution in [0.1, 0.15) is 18.5 Å². The number of halogens is 1. The Bertz CT molecular complexity index is 615. The van der Waals surface area contributed by atoms with Crippen LogP contribution in [-0.2, 0) is 4.79 Å². The highest BCUT2D eigenvalue weighted by molar-refractivity contribution is 5.91. The summed E-state index contributed by atoms with van der Waals surface area (Å²) in [5, 5.41) is 2.65. The van der Waals surface area contributed by atoms with Crippen molar-refractivity contribution in [1.82, 2.24) is 0 Å². The van der Waals surface area contributed by atoms with Gasteiger partial charge in [-0.25, -0.2) is 4.39 Å². The molecule has 0 radical (unpaired) electrons. The molecule has 2 aromatic rings. The highest BCUT2D eigenvalue weighted by atomic mass is 19.1. The van der Waals surface area contributed by atoms with Crippen molar-refractivity contribution in [2.75, 3.05) is 11.9 Å². The van der Waals surface area contributed by atoms with E-state index < -0.39 is 5.82 Å². The lowest BCUT2D eigenvalue weighted by molar-refractivity contribution is -0.118. The number of nitrogens with two attached hydrogens (primary N) is 1. The minimum atomic E-state index is -0.530. The van der Waals surface area contributed by atoms with Crippen molar-refractivity contribution < 1.29 is 13.9 Å². The molecule has 1 amide bonds. The largest absolute Gasteiger partial charge is 0.481 e. The van der Waals surface area contributed by atoms with Crippen LogP contribution in [-0.4, -0.2) is 12.5 Å². The van der Waals surface area contributed by atoms with Crippen LogP contribution in [0.5, 0.6) is 5.75 Å². The van der Waals surface area contributed by atoms with Gasteiger partial charge in [0.15, 0.2) is 18.2 Å². The zero-order chi connectivity index (χ0) is 15.2. The second-order valence-electron chi connectivity index (χ2n) is 4.68. The van der Waals surface area contributed by atoms with Gasteiger partial charge in [-0.05, 0) is 36.8 Å². The molecule has 2 aromatic carbocycles. The van der Waals surface area contributed by atoms with Gasteiger partial charge in [-0.3, -0.25) is 4.79 Å². The third-order valence-corrected chi connectivity index (χ3v) is 2.90. The van der Waals surface area contributed by atoms with Crippen LogP contribution >= 0.6 is 0 Å². The van der Waals surface area contributed by atoms with Crippen molar-refractivity contribution in [2.45, 2.75) is 13.0 Å². The third-order valence-electron chi connectivity index (χ3n) is 2.90. The Kier molecular flexibility index (Phi) is 4.90. The lowest BCUT2D eigenvalue weighted by Gasteiger charge is -2.10. The Hall–Kier alpha value is -2.40. The molecule has 2 rings (SSSR count). The average molecular weight is 288 g/mol. The fourth-order valence-corrected chi connectivity index (χ4v) is 1.78. The van der Waals surface area contributed by atoms with Crippen molar-refractivity contribution >= 4 is 11.6 Å². The number of carbonyl (C=O) groups excluding carboxylic acids is 1. The molecule has 0 fully saturated rings. The Morgan fingerprint density at radius 3 is 2.62 bits per heavy atom. The topological polar surface area (TPSA) is 64.3 Å². The number of rotatable bonds is 5. The van der Waals surface area contributed by atoms with Crippen molar-refractivity contribution in [3.63, 3.8) is 0 Å². The van der Waals surface area contributed by atoms with Gasteiger partial charge in [0.25, 0.3) is 5.91 Å². The van der Waals surface area contributed by atoms with Gasteiger partial charge in [0.1, 0.15) is 0 Å². The van der Waals surface area contributed by atoms with Crippen LogP contribution in [0, 0.1) is 5.82 Å². The second-order valence-corrected chi connectivity index (χ2v) is 4.68. The van der Waals surface area contributed by atoms with Crippen LogP contribution in [0.3, 0.4) is 0 Å². The SMILES string of the molecule is C[C@H](N)c1ccc(OCC(=O)Nc2ccccc2)c(F)c1. The summed E-state index contributed by atoms with van der Waals surface area (Å²) in [6, 6.07) is 13.2. The van der Waals surface area contributed by atoms with Crippen LogP contribution in [0.25, 0.3) is 0 Å². The maximum absolute atomic E-state index is 13.8. The van der Waals surface area contributed by atoms with E-state index in [1.807, 2.05) is 18.2 Å². The quantitative estimate of drug-likeness (QED) is 0.889. The van der Waals surface area contributed by atoms with E-state index in [0.717, 1.165) is 0 Å². The molecule has 4 nitrogen and oxygen atoms in total. The molecule has 0 saturated heterocycles. The number of para-hydroxylation sites is 1. The molecule has 0 bridgehead atoms.